The molecule has 0 amide bonds. The van der Waals surface area contributed by atoms with Crippen molar-refractivity contribution in [3.8, 4) is 22.7 Å². The van der Waals surface area contributed by atoms with E-state index < -0.39 is 22.5 Å². The average Bonchev–Trinajstić information content (AvgIpc) is 3.38. The van der Waals surface area contributed by atoms with Crippen LogP contribution in [0.25, 0.3) is 33.7 Å². The van der Waals surface area contributed by atoms with Gasteiger partial charge < -0.3 is 14.1 Å². The van der Waals surface area contributed by atoms with Gasteiger partial charge in [-0.05, 0) is 61.6 Å². The van der Waals surface area contributed by atoms with E-state index in [1.54, 1.807) is 37.5 Å². The largest absolute Gasteiger partial charge is 0.465 e. The molecule has 1 N–H and O–H groups in total. The summed E-state index contributed by atoms with van der Waals surface area (Å²) in [5.74, 6) is 0.205. The third kappa shape index (κ3) is 4.53. The van der Waals surface area contributed by atoms with Gasteiger partial charge >= 0.3 is 5.97 Å². The van der Waals surface area contributed by atoms with Gasteiger partial charge in [0.1, 0.15) is 29.5 Å². The maximum absolute atomic E-state index is 13.6. The molecule has 1 aliphatic carbocycles. The lowest BCUT2D eigenvalue weighted by Crippen LogP contribution is -2.36. The Bertz CT molecular complexity index is 1490. The number of carbonyl (C=O) groups excluding carboxylic acids is 1. The zero-order valence-corrected chi connectivity index (χ0v) is 20.1. The molecular weight excluding hydrogens is 473 g/mol. The molecule has 1 aliphatic rings. The Morgan fingerprint density at radius 1 is 1.26 bits per heavy atom. The first-order valence-electron chi connectivity index (χ1n) is 11.3. The van der Waals surface area contributed by atoms with E-state index in [-0.39, 0.29) is 18.3 Å². The number of aromatic nitrogens is 2. The molecule has 0 bridgehead atoms. The lowest BCUT2D eigenvalue weighted by Gasteiger charge is -2.24. The smallest absolute Gasteiger partial charge is 0.326 e. The number of halogens is 1. The number of carbonyl (C=O) groups is 1. The number of nitrogens with one attached hydrogen (secondary N) is 1. The Balaban J connectivity index is 1.75. The van der Waals surface area contributed by atoms with Gasteiger partial charge in [0.2, 0.25) is 10.0 Å². The van der Waals surface area contributed by atoms with Crippen molar-refractivity contribution in [1.82, 2.24) is 9.97 Å². The second-order valence-electron chi connectivity index (χ2n) is 8.51. The van der Waals surface area contributed by atoms with E-state index in [1.165, 1.54) is 12.1 Å². The number of fused-ring (bicyclic) bond motifs is 1. The third-order valence-corrected chi connectivity index (χ3v) is 7.07. The normalized spacial score (nSPS) is 13.8. The highest BCUT2D eigenvalue weighted by molar-refractivity contribution is 7.92. The van der Waals surface area contributed by atoms with Crippen LogP contribution in [0.3, 0.4) is 0 Å². The SMILES string of the molecule is CCOC(=O)CN(c1cc2oc(-c3ccc(F)cc3)c(-c3ncc[nH]3)c2cc1C1CC1)S(C)(=O)=O. The van der Waals surface area contributed by atoms with Crippen molar-refractivity contribution in [2.75, 3.05) is 23.7 Å². The van der Waals surface area contributed by atoms with Crippen LogP contribution >= 0.6 is 0 Å². The van der Waals surface area contributed by atoms with Gasteiger partial charge in [-0.1, -0.05) is 0 Å². The van der Waals surface area contributed by atoms with E-state index in [0.29, 0.717) is 34.0 Å². The van der Waals surface area contributed by atoms with Gasteiger partial charge in [0.05, 0.1) is 24.1 Å². The summed E-state index contributed by atoms with van der Waals surface area (Å²) in [6.07, 6.45) is 6.21. The molecule has 8 nitrogen and oxygen atoms in total. The lowest BCUT2D eigenvalue weighted by atomic mass is 10.0. The monoisotopic (exact) mass is 497 g/mol. The van der Waals surface area contributed by atoms with Crippen molar-refractivity contribution >= 4 is 32.6 Å². The molecule has 10 heteroatoms. The standard InChI is InChI=1S/C25H24FN3O5S/c1-3-33-22(30)14-29(35(2,31)32)20-13-21-19(12-18(20)15-4-5-15)23(25-27-10-11-28-25)24(34-21)16-6-8-17(26)9-7-16/h6-13,15H,3-5,14H2,1-2H3,(H,27,28). The molecule has 0 spiro atoms. The van der Waals surface area contributed by atoms with Gasteiger partial charge in [-0.2, -0.15) is 0 Å². The van der Waals surface area contributed by atoms with Crippen molar-refractivity contribution < 1.29 is 26.8 Å². The predicted octanol–water partition coefficient (Wildman–Crippen LogP) is 4.84. The maximum atomic E-state index is 13.6. The minimum Gasteiger partial charge on any atom is -0.465 e. The first-order chi connectivity index (χ1) is 16.8. The fourth-order valence-corrected chi connectivity index (χ4v) is 5.09. The van der Waals surface area contributed by atoms with E-state index in [4.69, 9.17) is 9.15 Å². The van der Waals surface area contributed by atoms with E-state index in [9.17, 15) is 17.6 Å². The molecule has 1 saturated carbocycles. The highest BCUT2D eigenvalue weighted by Gasteiger charge is 2.33. The first-order valence-corrected chi connectivity index (χ1v) is 13.1. The van der Waals surface area contributed by atoms with Gasteiger partial charge in [0, 0.05) is 29.4 Å². The summed E-state index contributed by atoms with van der Waals surface area (Å²) in [6, 6.07) is 9.50. The van der Waals surface area contributed by atoms with Crippen molar-refractivity contribution in [2.45, 2.75) is 25.7 Å². The van der Waals surface area contributed by atoms with Crippen molar-refractivity contribution in [1.29, 1.82) is 0 Å². The van der Waals surface area contributed by atoms with Crippen molar-refractivity contribution in [3.63, 3.8) is 0 Å². The molecule has 2 aromatic heterocycles. The molecule has 0 unspecified atom stereocenters. The first kappa shape index (κ1) is 23.1. The molecule has 0 aliphatic heterocycles. The van der Waals surface area contributed by atoms with Gasteiger partial charge in [0.25, 0.3) is 0 Å². The van der Waals surface area contributed by atoms with Crippen LogP contribution in [0.1, 0.15) is 31.2 Å². The number of aromatic amines is 1. The van der Waals surface area contributed by atoms with Crippen LogP contribution < -0.4 is 4.31 Å². The molecular formula is C25H24FN3O5S. The van der Waals surface area contributed by atoms with E-state index in [0.717, 1.165) is 34.4 Å². The number of esters is 1. The molecule has 4 aromatic rings. The van der Waals surface area contributed by atoms with Crippen LogP contribution in [0, 0.1) is 5.82 Å². The van der Waals surface area contributed by atoms with E-state index >= 15 is 0 Å². The fraction of sp³-hybridized carbons (Fsp3) is 0.280. The molecule has 5 rings (SSSR count). The number of furan rings is 1. The Labute approximate surface area is 201 Å². The van der Waals surface area contributed by atoms with Gasteiger partial charge in [-0.25, -0.2) is 17.8 Å². The number of ether oxygens (including phenoxy) is 1. The minimum absolute atomic E-state index is 0.149. The van der Waals surface area contributed by atoms with Crippen molar-refractivity contribution in [2.24, 2.45) is 0 Å². The summed E-state index contributed by atoms with van der Waals surface area (Å²) in [5, 5.41) is 0.745. The maximum Gasteiger partial charge on any atom is 0.326 e. The molecule has 1 fully saturated rings. The van der Waals surface area contributed by atoms with Gasteiger partial charge in [-0.15, -0.1) is 0 Å². The Morgan fingerprint density at radius 2 is 2.00 bits per heavy atom. The van der Waals surface area contributed by atoms with Crippen molar-refractivity contribution in [3.05, 3.63) is 60.2 Å². The van der Waals surface area contributed by atoms with Crippen LogP contribution in [-0.4, -0.2) is 43.8 Å². The topological polar surface area (TPSA) is 106 Å². The minimum atomic E-state index is -3.80. The Morgan fingerprint density at radius 3 is 2.60 bits per heavy atom. The van der Waals surface area contributed by atoms with Gasteiger partial charge in [-0.3, -0.25) is 9.10 Å². The highest BCUT2D eigenvalue weighted by Crippen LogP contribution is 2.49. The third-order valence-electron chi connectivity index (χ3n) is 5.94. The number of rotatable bonds is 8. The summed E-state index contributed by atoms with van der Waals surface area (Å²) >= 11 is 0. The van der Waals surface area contributed by atoms with Crippen LogP contribution in [0.4, 0.5) is 10.1 Å². The van der Waals surface area contributed by atoms with Crippen LogP contribution in [0.15, 0.2) is 53.2 Å². The molecule has 0 saturated heterocycles. The number of anilines is 1. The zero-order valence-electron chi connectivity index (χ0n) is 19.2. The lowest BCUT2D eigenvalue weighted by molar-refractivity contribution is -0.141. The number of sulfonamides is 1. The molecule has 182 valence electrons. The van der Waals surface area contributed by atoms with E-state index in [2.05, 4.69) is 9.97 Å². The second kappa shape index (κ2) is 8.84. The summed E-state index contributed by atoms with van der Waals surface area (Å²) < 4.78 is 51.4. The fourth-order valence-electron chi connectivity index (χ4n) is 4.23. The summed E-state index contributed by atoms with van der Waals surface area (Å²) in [7, 11) is -3.80. The molecule has 35 heavy (non-hydrogen) atoms. The number of H-pyrrole nitrogens is 1. The second-order valence-corrected chi connectivity index (χ2v) is 10.4. The number of nitrogens with zero attached hydrogens (tertiary/aromatic N) is 2. The van der Waals surface area contributed by atoms with Gasteiger partial charge in [0.15, 0.2) is 0 Å². The van der Waals surface area contributed by atoms with E-state index in [1.807, 2.05) is 6.07 Å². The predicted molar refractivity (Wildman–Crippen MR) is 130 cm³/mol. The Hall–Kier alpha value is -3.66. The number of hydrogen-bond acceptors (Lipinski definition) is 6. The summed E-state index contributed by atoms with van der Waals surface area (Å²) in [6.45, 7) is 1.38. The number of hydrogen-bond donors (Lipinski definition) is 1. The summed E-state index contributed by atoms with van der Waals surface area (Å²) in [5.41, 5.74) is 2.97. The summed E-state index contributed by atoms with van der Waals surface area (Å²) in [4.78, 5) is 19.8. The van der Waals surface area contributed by atoms with Crippen LogP contribution in [0.5, 0.6) is 0 Å². The zero-order chi connectivity index (χ0) is 24.7. The Kier molecular flexibility index (Phi) is 5.84. The average molecular weight is 498 g/mol. The quantitative estimate of drug-likeness (QED) is 0.350. The van der Waals surface area contributed by atoms with Crippen LogP contribution in [-0.2, 0) is 19.6 Å². The number of imidazole rings is 1. The highest BCUT2D eigenvalue weighted by atomic mass is 32.2. The molecule has 2 heterocycles. The molecule has 0 atom stereocenters. The van der Waals surface area contributed by atoms with Crippen LogP contribution in [0.2, 0.25) is 0 Å². The molecule has 0 radical (unpaired) electrons. The number of benzene rings is 2. The molecule has 2 aromatic carbocycles.